The maximum Gasteiger partial charge on any atom is 0.129 e. The lowest BCUT2D eigenvalue weighted by Gasteiger charge is -2.30. The Hall–Kier alpha value is -0.640. The van der Waals surface area contributed by atoms with Gasteiger partial charge in [0.05, 0.1) is 6.04 Å². The average molecular weight is 243 g/mol. The van der Waals surface area contributed by atoms with E-state index >= 15 is 0 Å². The lowest BCUT2D eigenvalue weighted by Crippen LogP contribution is -2.31. The summed E-state index contributed by atoms with van der Waals surface area (Å²) in [5.41, 5.74) is 3.17. The molecule has 1 aliphatic rings. The van der Waals surface area contributed by atoms with E-state index in [2.05, 4.69) is 5.43 Å². The zero-order valence-corrected chi connectivity index (χ0v) is 9.80. The third-order valence-corrected chi connectivity index (χ3v) is 3.67. The van der Waals surface area contributed by atoms with Crippen LogP contribution in [0, 0.1) is 11.7 Å². The standard InChI is InChI=1S/C12H16ClFN2/c13-9-5-2-6-10(14)12(9)11(16-15)7-8-3-1-4-8/h2,5-6,8,11,16H,1,3-4,7,15H2. The van der Waals surface area contributed by atoms with Gasteiger partial charge in [-0.15, -0.1) is 0 Å². The van der Waals surface area contributed by atoms with E-state index < -0.39 is 0 Å². The summed E-state index contributed by atoms with van der Waals surface area (Å²) in [4.78, 5) is 0. The van der Waals surface area contributed by atoms with Crippen LogP contribution in [0.15, 0.2) is 18.2 Å². The van der Waals surface area contributed by atoms with E-state index in [9.17, 15) is 4.39 Å². The molecule has 4 heteroatoms. The molecule has 0 spiro atoms. The highest BCUT2D eigenvalue weighted by atomic mass is 35.5. The van der Waals surface area contributed by atoms with E-state index in [1.807, 2.05) is 0 Å². The summed E-state index contributed by atoms with van der Waals surface area (Å²) in [7, 11) is 0. The number of hydrogen-bond acceptors (Lipinski definition) is 2. The van der Waals surface area contributed by atoms with Crippen LogP contribution < -0.4 is 11.3 Å². The van der Waals surface area contributed by atoms with E-state index in [0.29, 0.717) is 16.5 Å². The summed E-state index contributed by atoms with van der Waals surface area (Å²) < 4.78 is 13.7. The quantitative estimate of drug-likeness (QED) is 0.629. The molecular weight excluding hydrogens is 227 g/mol. The number of hydrogen-bond donors (Lipinski definition) is 2. The number of halogens is 2. The lowest BCUT2D eigenvalue weighted by molar-refractivity contribution is 0.259. The second kappa shape index (κ2) is 5.13. The fourth-order valence-electron chi connectivity index (χ4n) is 2.17. The summed E-state index contributed by atoms with van der Waals surface area (Å²) in [6.07, 6.45) is 4.55. The normalized spacial score (nSPS) is 18.2. The maximum atomic E-state index is 13.7. The second-order valence-corrected chi connectivity index (χ2v) is 4.79. The van der Waals surface area contributed by atoms with Crippen LogP contribution in [0.2, 0.25) is 5.02 Å². The second-order valence-electron chi connectivity index (χ2n) is 4.39. The summed E-state index contributed by atoms with van der Waals surface area (Å²) in [6.45, 7) is 0. The van der Waals surface area contributed by atoms with Gasteiger partial charge in [0.15, 0.2) is 0 Å². The van der Waals surface area contributed by atoms with Gasteiger partial charge in [-0.2, -0.15) is 0 Å². The van der Waals surface area contributed by atoms with Crippen molar-refractivity contribution in [3.05, 3.63) is 34.6 Å². The minimum atomic E-state index is -0.283. The van der Waals surface area contributed by atoms with Crippen LogP contribution >= 0.6 is 11.6 Å². The number of benzene rings is 1. The monoisotopic (exact) mass is 242 g/mol. The first-order valence-corrected chi connectivity index (χ1v) is 6.00. The molecule has 1 aromatic carbocycles. The molecule has 0 saturated heterocycles. The molecule has 0 aliphatic heterocycles. The van der Waals surface area contributed by atoms with Crippen molar-refractivity contribution < 1.29 is 4.39 Å². The number of rotatable bonds is 4. The van der Waals surface area contributed by atoms with E-state index in [-0.39, 0.29) is 11.9 Å². The van der Waals surface area contributed by atoms with Crippen molar-refractivity contribution in [1.29, 1.82) is 0 Å². The molecule has 1 atom stereocenters. The highest BCUT2D eigenvalue weighted by molar-refractivity contribution is 6.31. The van der Waals surface area contributed by atoms with Crippen molar-refractivity contribution in [1.82, 2.24) is 5.43 Å². The number of hydrazine groups is 1. The average Bonchev–Trinajstić information content (AvgIpc) is 2.19. The Kier molecular flexibility index (Phi) is 3.79. The molecule has 2 rings (SSSR count). The van der Waals surface area contributed by atoms with Gasteiger partial charge in [-0.25, -0.2) is 4.39 Å². The van der Waals surface area contributed by atoms with Gasteiger partial charge < -0.3 is 0 Å². The summed E-state index contributed by atoms with van der Waals surface area (Å²) in [5, 5.41) is 0.447. The Labute approximate surface area is 99.9 Å². The zero-order valence-electron chi connectivity index (χ0n) is 9.05. The first kappa shape index (κ1) is 11.8. The minimum Gasteiger partial charge on any atom is -0.271 e. The Morgan fingerprint density at radius 1 is 1.50 bits per heavy atom. The molecule has 2 nitrogen and oxygen atoms in total. The third-order valence-electron chi connectivity index (χ3n) is 3.34. The molecule has 1 aromatic rings. The van der Waals surface area contributed by atoms with Crippen molar-refractivity contribution in [2.75, 3.05) is 0 Å². The highest BCUT2D eigenvalue weighted by Crippen LogP contribution is 2.36. The number of nitrogens with one attached hydrogen (secondary N) is 1. The van der Waals surface area contributed by atoms with Gasteiger partial charge in [-0.05, 0) is 24.5 Å². The number of nitrogens with two attached hydrogens (primary N) is 1. The third kappa shape index (κ3) is 2.37. The van der Waals surface area contributed by atoms with Gasteiger partial charge >= 0.3 is 0 Å². The molecule has 88 valence electrons. The van der Waals surface area contributed by atoms with Crippen LogP contribution in [-0.2, 0) is 0 Å². The molecule has 0 radical (unpaired) electrons. The van der Waals surface area contributed by atoms with Gasteiger partial charge in [-0.1, -0.05) is 36.9 Å². The topological polar surface area (TPSA) is 38.0 Å². The Balaban J connectivity index is 2.17. The smallest absolute Gasteiger partial charge is 0.129 e. The maximum absolute atomic E-state index is 13.7. The van der Waals surface area contributed by atoms with Crippen molar-refractivity contribution in [3.63, 3.8) is 0 Å². The van der Waals surface area contributed by atoms with Crippen LogP contribution in [0.4, 0.5) is 4.39 Å². The Bertz CT molecular complexity index is 346. The highest BCUT2D eigenvalue weighted by Gasteiger charge is 2.25. The van der Waals surface area contributed by atoms with Gasteiger partial charge in [0.2, 0.25) is 0 Å². The molecule has 3 N–H and O–H groups in total. The van der Waals surface area contributed by atoms with Gasteiger partial charge in [0.25, 0.3) is 0 Å². The molecular formula is C12H16ClFN2. The molecule has 0 heterocycles. The first-order chi connectivity index (χ1) is 7.72. The summed E-state index contributed by atoms with van der Waals surface area (Å²) >= 11 is 6.01. The molecule has 1 fully saturated rings. The lowest BCUT2D eigenvalue weighted by atomic mass is 9.79. The molecule has 1 unspecified atom stereocenters. The van der Waals surface area contributed by atoms with E-state index in [0.717, 1.165) is 6.42 Å². The van der Waals surface area contributed by atoms with Gasteiger partial charge in [0, 0.05) is 10.6 Å². The predicted octanol–water partition coefficient (Wildman–Crippen LogP) is 3.17. The summed E-state index contributed by atoms with van der Waals surface area (Å²) in [6, 6.07) is 4.55. The molecule has 0 aromatic heterocycles. The van der Waals surface area contributed by atoms with E-state index in [4.69, 9.17) is 17.4 Å². The Morgan fingerprint density at radius 3 is 2.75 bits per heavy atom. The molecule has 0 bridgehead atoms. The minimum absolute atomic E-state index is 0.181. The van der Waals surface area contributed by atoms with E-state index in [1.54, 1.807) is 12.1 Å². The predicted molar refractivity (Wildman–Crippen MR) is 63.4 cm³/mol. The fraction of sp³-hybridized carbons (Fsp3) is 0.500. The van der Waals surface area contributed by atoms with Crippen molar-refractivity contribution in [3.8, 4) is 0 Å². The molecule has 0 amide bonds. The largest absolute Gasteiger partial charge is 0.271 e. The van der Waals surface area contributed by atoms with Crippen LogP contribution in [0.25, 0.3) is 0 Å². The molecule has 16 heavy (non-hydrogen) atoms. The zero-order chi connectivity index (χ0) is 11.5. The fourth-order valence-corrected chi connectivity index (χ4v) is 2.47. The van der Waals surface area contributed by atoms with Gasteiger partial charge in [-0.3, -0.25) is 11.3 Å². The van der Waals surface area contributed by atoms with Crippen molar-refractivity contribution in [2.24, 2.45) is 11.8 Å². The molecule has 1 saturated carbocycles. The van der Waals surface area contributed by atoms with E-state index in [1.165, 1.54) is 25.3 Å². The SMILES string of the molecule is NNC(CC1CCC1)c1c(F)cccc1Cl. The van der Waals surface area contributed by atoms with Crippen LogP contribution in [0.1, 0.15) is 37.3 Å². The van der Waals surface area contributed by atoms with Crippen LogP contribution in [0.3, 0.4) is 0 Å². The Morgan fingerprint density at radius 2 is 2.25 bits per heavy atom. The van der Waals surface area contributed by atoms with Crippen LogP contribution in [-0.4, -0.2) is 0 Å². The van der Waals surface area contributed by atoms with Crippen LogP contribution in [0.5, 0.6) is 0 Å². The molecule has 1 aliphatic carbocycles. The summed E-state index contributed by atoms with van der Waals surface area (Å²) in [5.74, 6) is 5.86. The van der Waals surface area contributed by atoms with Gasteiger partial charge in [0.1, 0.15) is 5.82 Å². The van der Waals surface area contributed by atoms with Crippen molar-refractivity contribution in [2.45, 2.75) is 31.7 Å². The van der Waals surface area contributed by atoms with Crippen molar-refractivity contribution >= 4 is 11.6 Å². The first-order valence-electron chi connectivity index (χ1n) is 5.62.